The number of unbranched alkanes of at least 4 members (excludes halogenated alkanes) is 3. The zero-order chi connectivity index (χ0) is 15.7. The molecular weight excluding hydrogens is 260 g/mol. The summed E-state index contributed by atoms with van der Waals surface area (Å²) in [7, 11) is 4.30. The summed E-state index contributed by atoms with van der Waals surface area (Å²) in [4.78, 5) is 7.50. The number of hydrogen-bond acceptors (Lipinski definition) is 4. The first-order valence-electron chi connectivity index (χ1n) is 8.84. The van der Waals surface area contributed by atoms with Crippen molar-refractivity contribution >= 4 is 0 Å². The molecule has 0 bridgehead atoms. The molecule has 1 heterocycles. The molecule has 1 rings (SSSR count). The van der Waals surface area contributed by atoms with Crippen molar-refractivity contribution in [3.63, 3.8) is 0 Å². The van der Waals surface area contributed by atoms with E-state index in [1.807, 2.05) is 0 Å². The van der Waals surface area contributed by atoms with E-state index in [9.17, 15) is 0 Å². The Labute approximate surface area is 132 Å². The Morgan fingerprint density at radius 1 is 1.05 bits per heavy atom. The van der Waals surface area contributed by atoms with E-state index >= 15 is 0 Å². The van der Waals surface area contributed by atoms with E-state index in [1.165, 1.54) is 64.8 Å². The summed E-state index contributed by atoms with van der Waals surface area (Å²) in [6.45, 7) is 12.5. The molecule has 0 radical (unpaired) electrons. The largest absolute Gasteiger partial charge is 0.329 e. The molecule has 0 aromatic heterocycles. The van der Waals surface area contributed by atoms with E-state index < -0.39 is 0 Å². The van der Waals surface area contributed by atoms with Crippen molar-refractivity contribution < 1.29 is 0 Å². The Kier molecular flexibility index (Phi) is 8.79. The molecule has 4 nitrogen and oxygen atoms in total. The lowest BCUT2D eigenvalue weighted by Crippen LogP contribution is -2.59. The quantitative estimate of drug-likeness (QED) is 0.625. The summed E-state index contributed by atoms with van der Waals surface area (Å²) in [6, 6.07) is 0. The van der Waals surface area contributed by atoms with Crippen molar-refractivity contribution in [2.45, 2.75) is 51.5 Å². The molecule has 0 saturated carbocycles. The lowest BCUT2D eigenvalue weighted by molar-refractivity contribution is 0.0380. The number of nitrogens with two attached hydrogens (primary N) is 1. The fraction of sp³-hybridized carbons (Fsp3) is 1.00. The van der Waals surface area contributed by atoms with Gasteiger partial charge in [-0.15, -0.1) is 0 Å². The molecule has 126 valence electrons. The molecule has 1 saturated heterocycles. The van der Waals surface area contributed by atoms with Gasteiger partial charge in [-0.2, -0.15) is 0 Å². The molecule has 1 aliphatic heterocycles. The average Bonchev–Trinajstić information content (AvgIpc) is 2.50. The van der Waals surface area contributed by atoms with Crippen LogP contribution in [0.1, 0.15) is 46.0 Å². The van der Waals surface area contributed by atoms with Crippen LogP contribution < -0.4 is 5.73 Å². The van der Waals surface area contributed by atoms with E-state index in [4.69, 9.17) is 5.73 Å². The maximum Gasteiger partial charge on any atom is 0.0304 e. The molecule has 0 aliphatic carbocycles. The van der Waals surface area contributed by atoms with Crippen LogP contribution >= 0.6 is 0 Å². The van der Waals surface area contributed by atoms with Gasteiger partial charge in [0.1, 0.15) is 0 Å². The van der Waals surface area contributed by atoms with E-state index in [0.717, 1.165) is 13.1 Å². The van der Waals surface area contributed by atoms with Crippen LogP contribution in [-0.2, 0) is 0 Å². The predicted molar refractivity (Wildman–Crippen MR) is 92.8 cm³/mol. The maximum atomic E-state index is 6.12. The molecule has 0 amide bonds. The Morgan fingerprint density at radius 2 is 1.71 bits per heavy atom. The summed E-state index contributed by atoms with van der Waals surface area (Å²) >= 11 is 0. The monoisotopic (exact) mass is 298 g/mol. The maximum absolute atomic E-state index is 6.12. The van der Waals surface area contributed by atoms with Crippen molar-refractivity contribution in [2.24, 2.45) is 5.73 Å². The highest BCUT2D eigenvalue weighted by Gasteiger charge is 2.32. The molecule has 0 aromatic rings. The van der Waals surface area contributed by atoms with Gasteiger partial charge in [0.2, 0.25) is 0 Å². The molecule has 21 heavy (non-hydrogen) atoms. The standard InChI is InChI=1S/C17H38N4/c1-5-6-7-8-9-17(2,16-18)21-14-12-20(13-15-21)11-10-19(3)4/h5-16,18H2,1-4H3. The van der Waals surface area contributed by atoms with Crippen molar-refractivity contribution in [1.29, 1.82) is 0 Å². The highest BCUT2D eigenvalue weighted by molar-refractivity contribution is 4.90. The van der Waals surface area contributed by atoms with Crippen LogP contribution in [0.15, 0.2) is 0 Å². The van der Waals surface area contributed by atoms with E-state index in [0.29, 0.717) is 0 Å². The molecule has 2 N–H and O–H groups in total. The fourth-order valence-corrected chi connectivity index (χ4v) is 3.17. The third kappa shape index (κ3) is 6.64. The third-order valence-corrected chi connectivity index (χ3v) is 5.01. The fourth-order valence-electron chi connectivity index (χ4n) is 3.17. The highest BCUT2D eigenvalue weighted by Crippen LogP contribution is 2.23. The van der Waals surface area contributed by atoms with Gasteiger partial charge in [-0.3, -0.25) is 9.80 Å². The van der Waals surface area contributed by atoms with Crippen LogP contribution in [0.3, 0.4) is 0 Å². The predicted octanol–water partition coefficient (Wildman–Crippen LogP) is 1.85. The van der Waals surface area contributed by atoms with Gasteiger partial charge in [0, 0.05) is 51.4 Å². The average molecular weight is 299 g/mol. The van der Waals surface area contributed by atoms with E-state index in [1.54, 1.807) is 0 Å². The van der Waals surface area contributed by atoms with Crippen LogP contribution in [0.5, 0.6) is 0 Å². The first kappa shape index (κ1) is 18.9. The Balaban J connectivity index is 2.34. The summed E-state index contributed by atoms with van der Waals surface area (Å²) in [5.74, 6) is 0. The Hall–Kier alpha value is -0.160. The number of likely N-dealkylation sites (N-methyl/N-ethyl adjacent to an activating group) is 1. The zero-order valence-corrected chi connectivity index (χ0v) is 14.9. The molecule has 1 aliphatic rings. The second kappa shape index (κ2) is 9.78. The van der Waals surface area contributed by atoms with E-state index in [-0.39, 0.29) is 5.54 Å². The molecule has 0 spiro atoms. The van der Waals surface area contributed by atoms with Gasteiger partial charge in [-0.05, 0) is 27.4 Å². The summed E-state index contributed by atoms with van der Waals surface area (Å²) in [5.41, 5.74) is 6.33. The summed E-state index contributed by atoms with van der Waals surface area (Å²) in [5, 5.41) is 0. The second-order valence-electron chi connectivity index (χ2n) is 7.14. The van der Waals surface area contributed by atoms with Crippen LogP contribution in [0.25, 0.3) is 0 Å². The van der Waals surface area contributed by atoms with Gasteiger partial charge in [0.25, 0.3) is 0 Å². The molecule has 4 heteroatoms. The first-order valence-corrected chi connectivity index (χ1v) is 8.84. The third-order valence-electron chi connectivity index (χ3n) is 5.01. The summed E-state index contributed by atoms with van der Waals surface area (Å²) in [6.07, 6.45) is 6.60. The molecule has 1 atom stereocenters. The van der Waals surface area contributed by atoms with Crippen LogP contribution in [0.4, 0.5) is 0 Å². The van der Waals surface area contributed by atoms with Gasteiger partial charge >= 0.3 is 0 Å². The van der Waals surface area contributed by atoms with Crippen LogP contribution in [0.2, 0.25) is 0 Å². The number of rotatable bonds is 10. The normalized spacial score (nSPS) is 20.9. The minimum absolute atomic E-state index is 0.210. The van der Waals surface area contributed by atoms with Gasteiger partial charge in [-0.1, -0.05) is 32.6 Å². The lowest BCUT2D eigenvalue weighted by Gasteiger charge is -2.46. The molecule has 0 aromatic carbocycles. The Morgan fingerprint density at radius 3 is 2.24 bits per heavy atom. The second-order valence-corrected chi connectivity index (χ2v) is 7.14. The van der Waals surface area contributed by atoms with Crippen molar-refractivity contribution in [2.75, 3.05) is 59.9 Å². The minimum Gasteiger partial charge on any atom is -0.329 e. The highest BCUT2D eigenvalue weighted by atomic mass is 15.3. The molecule has 1 unspecified atom stereocenters. The Bertz CT molecular complexity index is 262. The van der Waals surface area contributed by atoms with Crippen molar-refractivity contribution in [1.82, 2.24) is 14.7 Å². The van der Waals surface area contributed by atoms with Crippen LogP contribution in [0, 0.1) is 0 Å². The SMILES string of the molecule is CCCCCCC(C)(CN)N1CCN(CCN(C)C)CC1. The minimum atomic E-state index is 0.210. The van der Waals surface area contributed by atoms with Crippen LogP contribution in [-0.4, -0.2) is 80.1 Å². The topological polar surface area (TPSA) is 35.7 Å². The van der Waals surface area contributed by atoms with Gasteiger partial charge in [-0.25, -0.2) is 0 Å². The number of piperazine rings is 1. The van der Waals surface area contributed by atoms with Crippen molar-refractivity contribution in [3.05, 3.63) is 0 Å². The number of hydrogen-bond donors (Lipinski definition) is 1. The van der Waals surface area contributed by atoms with Gasteiger partial charge in [0.05, 0.1) is 0 Å². The van der Waals surface area contributed by atoms with Crippen molar-refractivity contribution in [3.8, 4) is 0 Å². The van der Waals surface area contributed by atoms with Gasteiger partial charge in [0.15, 0.2) is 0 Å². The zero-order valence-electron chi connectivity index (χ0n) is 14.9. The first-order chi connectivity index (χ1) is 10.0. The summed E-state index contributed by atoms with van der Waals surface area (Å²) < 4.78 is 0. The smallest absolute Gasteiger partial charge is 0.0304 e. The number of nitrogens with zero attached hydrogens (tertiary/aromatic N) is 3. The van der Waals surface area contributed by atoms with Gasteiger partial charge < -0.3 is 10.6 Å². The van der Waals surface area contributed by atoms with E-state index in [2.05, 4.69) is 42.6 Å². The molecule has 1 fully saturated rings. The molecular formula is C17H38N4. The lowest BCUT2D eigenvalue weighted by atomic mass is 9.91.